The third kappa shape index (κ3) is 6.01. The van der Waals surface area contributed by atoms with Gasteiger partial charge in [0.2, 0.25) is 15.9 Å². The summed E-state index contributed by atoms with van der Waals surface area (Å²) in [5.41, 5.74) is 1.69. The van der Waals surface area contributed by atoms with Crippen molar-refractivity contribution in [1.29, 1.82) is 0 Å². The second kappa shape index (κ2) is 9.74. The molecular weight excluding hydrogens is 423 g/mol. The van der Waals surface area contributed by atoms with E-state index in [-0.39, 0.29) is 30.9 Å². The van der Waals surface area contributed by atoms with Crippen LogP contribution in [-0.4, -0.2) is 53.7 Å². The Hall–Kier alpha value is -2.52. The molecule has 7 nitrogen and oxygen atoms in total. The number of carboxylic acid groups (broad SMARTS) is 1. The average Bonchev–Trinajstić information content (AvgIpc) is 2.73. The summed E-state index contributed by atoms with van der Waals surface area (Å²) in [5, 5.41) is 9.29. The van der Waals surface area contributed by atoms with Gasteiger partial charge in [-0.2, -0.15) is 0 Å². The van der Waals surface area contributed by atoms with Crippen LogP contribution < -0.4 is 4.74 Å². The van der Waals surface area contributed by atoms with Crippen molar-refractivity contribution in [2.24, 2.45) is 11.8 Å². The summed E-state index contributed by atoms with van der Waals surface area (Å²) in [6.07, 6.45) is 2.48. The van der Waals surface area contributed by atoms with Gasteiger partial charge in [-0.3, -0.25) is 4.79 Å². The van der Waals surface area contributed by atoms with Crippen molar-refractivity contribution < 1.29 is 27.4 Å². The number of piperidine rings is 1. The van der Waals surface area contributed by atoms with Crippen LogP contribution in [0.15, 0.2) is 42.6 Å². The molecule has 1 aromatic carbocycles. The molecule has 31 heavy (non-hydrogen) atoms. The standard InChI is InChI=1S/C22H27FN2O5S/c1-15(2)20(22(26)27)14-31(28,29)25-11-9-19(10-12-25)30-21-8-5-17(13-24-21)16-3-6-18(23)7-4-16/h3-8,13,15,19-20H,9-12,14H2,1-2H3,(H,26,27). The molecule has 0 amide bonds. The first-order chi connectivity index (χ1) is 14.7. The van der Waals surface area contributed by atoms with Crippen LogP contribution in [0.4, 0.5) is 4.39 Å². The van der Waals surface area contributed by atoms with Crippen LogP contribution in [0.5, 0.6) is 5.88 Å². The zero-order valence-corrected chi connectivity index (χ0v) is 18.4. The molecule has 168 valence electrons. The van der Waals surface area contributed by atoms with Gasteiger partial charge in [-0.15, -0.1) is 0 Å². The minimum Gasteiger partial charge on any atom is -0.481 e. The molecule has 2 aromatic rings. The fourth-order valence-corrected chi connectivity index (χ4v) is 5.50. The molecule has 1 fully saturated rings. The van der Waals surface area contributed by atoms with Crippen LogP contribution in [0.2, 0.25) is 0 Å². The van der Waals surface area contributed by atoms with E-state index in [2.05, 4.69) is 4.98 Å². The highest BCUT2D eigenvalue weighted by molar-refractivity contribution is 7.89. The zero-order valence-electron chi connectivity index (χ0n) is 17.6. The lowest BCUT2D eigenvalue weighted by Crippen LogP contribution is -2.45. The van der Waals surface area contributed by atoms with E-state index in [1.807, 2.05) is 6.07 Å². The Labute approximate surface area is 181 Å². The minimum absolute atomic E-state index is 0.170. The lowest BCUT2D eigenvalue weighted by molar-refractivity contribution is -0.142. The number of hydrogen-bond acceptors (Lipinski definition) is 5. The quantitative estimate of drug-likeness (QED) is 0.662. The van der Waals surface area contributed by atoms with Gasteiger partial charge in [0.1, 0.15) is 11.9 Å². The summed E-state index contributed by atoms with van der Waals surface area (Å²) < 4.78 is 45.6. The van der Waals surface area contributed by atoms with Gasteiger partial charge >= 0.3 is 5.97 Å². The SMILES string of the molecule is CC(C)C(CS(=O)(=O)N1CCC(Oc2ccc(-c3ccc(F)cc3)cn2)CC1)C(=O)O. The number of carboxylic acids is 1. The van der Waals surface area contributed by atoms with Crippen LogP contribution in [0.25, 0.3) is 11.1 Å². The van der Waals surface area contributed by atoms with E-state index in [9.17, 15) is 22.7 Å². The largest absolute Gasteiger partial charge is 0.481 e. The summed E-state index contributed by atoms with van der Waals surface area (Å²) in [4.78, 5) is 15.7. The number of carbonyl (C=O) groups is 1. The van der Waals surface area contributed by atoms with Crippen molar-refractivity contribution in [1.82, 2.24) is 9.29 Å². The average molecular weight is 451 g/mol. The van der Waals surface area contributed by atoms with Crippen LogP contribution in [0.3, 0.4) is 0 Å². The van der Waals surface area contributed by atoms with E-state index in [0.717, 1.165) is 11.1 Å². The number of sulfonamides is 1. The molecule has 0 saturated carbocycles. The van der Waals surface area contributed by atoms with E-state index in [4.69, 9.17) is 4.74 Å². The van der Waals surface area contributed by atoms with Gasteiger partial charge < -0.3 is 9.84 Å². The summed E-state index contributed by atoms with van der Waals surface area (Å²) >= 11 is 0. The smallest absolute Gasteiger partial charge is 0.307 e. The number of pyridine rings is 1. The Bertz CT molecular complexity index is 986. The lowest BCUT2D eigenvalue weighted by atomic mass is 9.98. The van der Waals surface area contributed by atoms with Crippen molar-refractivity contribution in [2.45, 2.75) is 32.8 Å². The van der Waals surface area contributed by atoms with Crippen molar-refractivity contribution in [3.8, 4) is 17.0 Å². The van der Waals surface area contributed by atoms with Gasteiger partial charge in [0.25, 0.3) is 0 Å². The molecular formula is C22H27FN2O5S. The molecule has 1 N–H and O–H groups in total. The van der Waals surface area contributed by atoms with Crippen molar-refractivity contribution in [3.05, 3.63) is 48.4 Å². The van der Waals surface area contributed by atoms with E-state index in [1.54, 1.807) is 38.2 Å². The summed E-state index contributed by atoms with van der Waals surface area (Å²) in [5.74, 6) is -2.53. The first-order valence-corrected chi connectivity index (χ1v) is 11.9. The summed E-state index contributed by atoms with van der Waals surface area (Å²) in [6, 6.07) is 9.71. The molecule has 9 heteroatoms. The topological polar surface area (TPSA) is 96.8 Å². The molecule has 0 radical (unpaired) electrons. The van der Waals surface area contributed by atoms with E-state index in [1.165, 1.54) is 16.4 Å². The fourth-order valence-electron chi connectivity index (χ4n) is 3.54. The first-order valence-electron chi connectivity index (χ1n) is 10.2. The molecule has 0 spiro atoms. The Balaban J connectivity index is 1.55. The Morgan fingerprint density at radius 2 is 1.77 bits per heavy atom. The fraction of sp³-hybridized carbons (Fsp3) is 0.455. The number of aliphatic carboxylic acids is 1. The van der Waals surface area contributed by atoms with Gasteiger partial charge in [0, 0.05) is 30.9 Å². The summed E-state index contributed by atoms with van der Waals surface area (Å²) in [6.45, 7) is 3.99. The second-order valence-corrected chi connectivity index (χ2v) is 10.1. The summed E-state index contributed by atoms with van der Waals surface area (Å²) in [7, 11) is -3.65. The maximum absolute atomic E-state index is 13.1. The van der Waals surface area contributed by atoms with Crippen LogP contribution in [0.1, 0.15) is 26.7 Å². The maximum atomic E-state index is 13.1. The van der Waals surface area contributed by atoms with Crippen LogP contribution in [0, 0.1) is 17.7 Å². The number of aromatic nitrogens is 1. The Morgan fingerprint density at radius 1 is 1.16 bits per heavy atom. The molecule has 3 rings (SSSR count). The van der Waals surface area contributed by atoms with Gasteiger partial charge in [-0.25, -0.2) is 22.1 Å². The first kappa shape index (κ1) is 23.1. The highest BCUT2D eigenvalue weighted by Gasteiger charge is 2.34. The highest BCUT2D eigenvalue weighted by atomic mass is 32.2. The molecule has 1 atom stereocenters. The minimum atomic E-state index is -3.65. The molecule has 1 aromatic heterocycles. The molecule has 1 aliphatic heterocycles. The molecule has 0 aliphatic carbocycles. The van der Waals surface area contributed by atoms with Gasteiger partial charge in [0.05, 0.1) is 11.7 Å². The highest BCUT2D eigenvalue weighted by Crippen LogP contribution is 2.24. The maximum Gasteiger partial charge on any atom is 0.307 e. The normalized spacial score (nSPS) is 16.9. The van der Waals surface area contributed by atoms with Crippen LogP contribution in [-0.2, 0) is 14.8 Å². The molecule has 2 heterocycles. The van der Waals surface area contributed by atoms with E-state index >= 15 is 0 Å². The molecule has 0 bridgehead atoms. The number of halogens is 1. The number of benzene rings is 1. The van der Waals surface area contributed by atoms with E-state index < -0.39 is 27.7 Å². The van der Waals surface area contributed by atoms with Crippen molar-refractivity contribution in [3.63, 3.8) is 0 Å². The van der Waals surface area contributed by atoms with E-state index in [0.29, 0.717) is 18.7 Å². The third-order valence-corrected chi connectivity index (χ3v) is 7.44. The van der Waals surface area contributed by atoms with Gasteiger partial charge in [-0.05, 0) is 42.5 Å². The number of rotatable bonds is 8. The molecule has 1 aliphatic rings. The van der Waals surface area contributed by atoms with Crippen LogP contribution >= 0.6 is 0 Å². The Morgan fingerprint density at radius 3 is 2.29 bits per heavy atom. The molecule has 1 unspecified atom stereocenters. The predicted octanol–water partition coefficient (Wildman–Crippen LogP) is 3.42. The lowest BCUT2D eigenvalue weighted by Gasteiger charge is -2.32. The third-order valence-electron chi connectivity index (χ3n) is 5.51. The number of nitrogens with zero attached hydrogens (tertiary/aromatic N) is 2. The monoisotopic (exact) mass is 450 g/mol. The number of hydrogen-bond donors (Lipinski definition) is 1. The Kier molecular flexibility index (Phi) is 7.27. The van der Waals surface area contributed by atoms with Crippen molar-refractivity contribution >= 4 is 16.0 Å². The second-order valence-electron chi connectivity index (χ2n) is 8.08. The predicted molar refractivity (Wildman–Crippen MR) is 115 cm³/mol. The zero-order chi connectivity index (χ0) is 22.6. The molecule has 1 saturated heterocycles. The van der Waals surface area contributed by atoms with Gasteiger partial charge in [0.15, 0.2) is 0 Å². The van der Waals surface area contributed by atoms with Crippen molar-refractivity contribution in [2.75, 3.05) is 18.8 Å². The van der Waals surface area contributed by atoms with Gasteiger partial charge in [-0.1, -0.05) is 26.0 Å². The number of ether oxygens (including phenoxy) is 1.